The van der Waals surface area contributed by atoms with E-state index in [1.165, 1.54) is 6.07 Å². The number of rotatable bonds is 4. The molecule has 0 heterocycles. The van der Waals surface area contributed by atoms with E-state index in [9.17, 15) is 0 Å². The van der Waals surface area contributed by atoms with Crippen LogP contribution in [0.3, 0.4) is 0 Å². The summed E-state index contributed by atoms with van der Waals surface area (Å²) in [6, 6.07) is 4.64. The van der Waals surface area contributed by atoms with Crippen LogP contribution < -0.4 is 10.5 Å². The maximum absolute atomic E-state index is 9.00. The van der Waals surface area contributed by atoms with Gasteiger partial charge in [-0.05, 0) is 18.1 Å². The maximum atomic E-state index is 9.00. The molecule has 0 fully saturated rings. The summed E-state index contributed by atoms with van der Waals surface area (Å²) in [7, 11) is 0. The second-order valence-corrected chi connectivity index (χ2v) is 3.11. The summed E-state index contributed by atoms with van der Waals surface area (Å²) in [5.41, 5.74) is 0.489. The van der Waals surface area contributed by atoms with Gasteiger partial charge in [0.1, 0.15) is 11.4 Å². The van der Waals surface area contributed by atoms with Gasteiger partial charge < -0.3 is 0 Å². The molecule has 0 bridgehead atoms. The Hall–Kier alpha value is -1.34. The molecule has 4 N–H and O–H groups in total. The second kappa shape index (κ2) is 4.94. The number of hydrogen-bond acceptors (Lipinski definition) is 6. The van der Waals surface area contributed by atoms with Crippen LogP contribution in [0.2, 0.25) is 0 Å². The SMILES string of the molecule is CCCc1cccc(N(O)O)c1N(O)O. The molecular formula is C9H14N2O4. The van der Waals surface area contributed by atoms with Gasteiger partial charge in [-0.2, -0.15) is 0 Å². The van der Waals surface area contributed by atoms with Crippen LogP contribution >= 0.6 is 0 Å². The van der Waals surface area contributed by atoms with Gasteiger partial charge in [0.15, 0.2) is 0 Å². The predicted molar refractivity (Wildman–Crippen MR) is 52.5 cm³/mol. The van der Waals surface area contributed by atoms with Crippen molar-refractivity contribution >= 4 is 11.4 Å². The van der Waals surface area contributed by atoms with Crippen molar-refractivity contribution in [3.05, 3.63) is 23.8 Å². The molecule has 0 saturated heterocycles. The van der Waals surface area contributed by atoms with E-state index in [1.54, 1.807) is 12.1 Å². The lowest BCUT2D eigenvalue weighted by Gasteiger charge is -2.19. The molecule has 0 aliphatic carbocycles. The molecule has 6 nitrogen and oxygen atoms in total. The Morgan fingerprint density at radius 3 is 2.20 bits per heavy atom. The highest BCUT2D eigenvalue weighted by molar-refractivity contribution is 5.70. The maximum Gasteiger partial charge on any atom is 0.126 e. The number of benzene rings is 1. The van der Waals surface area contributed by atoms with Gasteiger partial charge in [-0.25, -0.2) is 0 Å². The first-order chi connectivity index (χ1) is 7.07. The van der Waals surface area contributed by atoms with E-state index in [-0.39, 0.29) is 21.8 Å². The van der Waals surface area contributed by atoms with Crippen LogP contribution in [-0.4, -0.2) is 20.8 Å². The first kappa shape index (κ1) is 11.7. The summed E-state index contributed by atoms with van der Waals surface area (Å²) in [5, 5.41) is 35.5. The van der Waals surface area contributed by atoms with Crippen LogP contribution in [0.1, 0.15) is 18.9 Å². The van der Waals surface area contributed by atoms with E-state index in [1.807, 2.05) is 6.92 Å². The van der Waals surface area contributed by atoms with Gasteiger partial charge in [-0.3, -0.25) is 20.8 Å². The molecule has 0 amide bonds. The molecule has 1 aromatic carbocycles. The number of para-hydroxylation sites is 1. The van der Waals surface area contributed by atoms with Crippen LogP contribution in [-0.2, 0) is 6.42 Å². The first-order valence-corrected chi connectivity index (χ1v) is 4.55. The lowest BCUT2D eigenvalue weighted by Crippen LogP contribution is -2.20. The quantitative estimate of drug-likeness (QED) is 0.572. The number of hydrogen-bond donors (Lipinski definition) is 4. The summed E-state index contributed by atoms with van der Waals surface area (Å²) >= 11 is 0. The molecule has 1 rings (SSSR count). The van der Waals surface area contributed by atoms with E-state index < -0.39 is 0 Å². The summed E-state index contributed by atoms with van der Waals surface area (Å²) in [6.45, 7) is 1.94. The van der Waals surface area contributed by atoms with Gasteiger partial charge in [0, 0.05) is 0 Å². The molecule has 84 valence electrons. The summed E-state index contributed by atoms with van der Waals surface area (Å²) < 4.78 is 0. The van der Waals surface area contributed by atoms with Crippen molar-refractivity contribution in [1.82, 2.24) is 0 Å². The zero-order chi connectivity index (χ0) is 11.4. The highest BCUT2D eigenvalue weighted by Gasteiger charge is 2.15. The van der Waals surface area contributed by atoms with Gasteiger partial charge in [-0.1, -0.05) is 25.5 Å². The molecular weight excluding hydrogens is 200 g/mol. The largest absolute Gasteiger partial charge is 0.264 e. The minimum atomic E-state index is -0.145. The Balaban J connectivity index is 3.22. The highest BCUT2D eigenvalue weighted by atomic mass is 16.8. The fourth-order valence-corrected chi connectivity index (χ4v) is 1.44. The zero-order valence-corrected chi connectivity index (χ0v) is 8.33. The van der Waals surface area contributed by atoms with Gasteiger partial charge >= 0.3 is 0 Å². The van der Waals surface area contributed by atoms with E-state index in [0.29, 0.717) is 12.0 Å². The fourth-order valence-electron chi connectivity index (χ4n) is 1.44. The molecule has 0 unspecified atom stereocenters. The summed E-state index contributed by atoms with van der Waals surface area (Å²) in [4.78, 5) is 0. The van der Waals surface area contributed by atoms with Crippen molar-refractivity contribution in [2.24, 2.45) is 0 Å². The molecule has 0 atom stereocenters. The normalized spacial score (nSPS) is 10.2. The molecule has 0 aliphatic heterocycles. The van der Waals surface area contributed by atoms with Gasteiger partial charge in [0.2, 0.25) is 0 Å². The van der Waals surface area contributed by atoms with Gasteiger partial charge in [0.25, 0.3) is 0 Å². The Bertz CT molecular complexity index is 328. The summed E-state index contributed by atoms with van der Waals surface area (Å²) in [5.74, 6) is 0. The molecule has 0 saturated carbocycles. The Kier molecular flexibility index (Phi) is 3.87. The fraction of sp³-hybridized carbons (Fsp3) is 0.333. The number of aryl methyl sites for hydroxylation is 1. The monoisotopic (exact) mass is 214 g/mol. The predicted octanol–water partition coefficient (Wildman–Crippen LogP) is 1.81. The second-order valence-electron chi connectivity index (χ2n) is 3.11. The third-order valence-electron chi connectivity index (χ3n) is 2.03. The van der Waals surface area contributed by atoms with Gasteiger partial charge in [-0.15, -0.1) is 10.5 Å². The standard InChI is InChI=1S/C9H14N2O4/c1-2-4-7-5-3-6-8(10(12)13)9(7)11(14)15/h3,5-6,12-15H,2,4H2,1H3. The van der Waals surface area contributed by atoms with Crippen molar-refractivity contribution in [3.8, 4) is 0 Å². The van der Waals surface area contributed by atoms with Crippen molar-refractivity contribution in [3.63, 3.8) is 0 Å². The molecule has 0 spiro atoms. The third-order valence-corrected chi connectivity index (χ3v) is 2.03. The molecule has 6 heteroatoms. The Morgan fingerprint density at radius 1 is 1.07 bits per heavy atom. The van der Waals surface area contributed by atoms with Crippen LogP contribution in [0.25, 0.3) is 0 Å². The molecule has 0 aliphatic rings. The van der Waals surface area contributed by atoms with Gasteiger partial charge in [0.05, 0.1) is 0 Å². The van der Waals surface area contributed by atoms with Crippen molar-refractivity contribution in [2.75, 3.05) is 10.5 Å². The van der Waals surface area contributed by atoms with Crippen LogP contribution in [0.5, 0.6) is 0 Å². The topological polar surface area (TPSA) is 87.4 Å². The van der Waals surface area contributed by atoms with E-state index in [0.717, 1.165) is 6.42 Å². The van der Waals surface area contributed by atoms with Crippen molar-refractivity contribution < 1.29 is 20.8 Å². The number of anilines is 2. The zero-order valence-electron chi connectivity index (χ0n) is 8.33. The van der Waals surface area contributed by atoms with Crippen LogP contribution in [0, 0.1) is 0 Å². The molecule has 0 radical (unpaired) electrons. The van der Waals surface area contributed by atoms with Crippen molar-refractivity contribution in [2.45, 2.75) is 19.8 Å². The average molecular weight is 214 g/mol. The Labute approximate surface area is 87.0 Å². The van der Waals surface area contributed by atoms with Crippen molar-refractivity contribution in [1.29, 1.82) is 0 Å². The smallest absolute Gasteiger partial charge is 0.126 e. The van der Waals surface area contributed by atoms with Crippen LogP contribution in [0.15, 0.2) is 18.2 Å². The third kappa shape index (κ3) is 2.57. The van der Waals surface area contributed by atoms with E-state index in [2.05, 4.69) is 0 Å². The summed E-state index contributed by atoms with van der Waals surface area (Å²) in [6.07, 6.45) is 1.41. The lowest BCUT2D eigenvalue weighted by molar-refractivity contribution is 0.0150. The minimum absolute atomic E-state index is 0.0376. The minimum Gasteiger partial charge on any atom is -0.264 e. The molecule has 0 aromatic heterocycles. The number of nitrogens with zero attached hydrogens (tertiary/aromatic N) is 2. The first-order valence-electron chi connectivity index (χ1n) is 4.55. The highest BCUT2D eigenvalue weighted by Crippen LogP contribution is 2.30. The van der Waals surface area contributed by atoms with E-state index in [4.69, 9.17) is 20.8 Å². The molecule has 1 aromatic rings. The lowest BCUT2D eigenvalue weighted by atomic mass is 10.1. The molecule has 15 heavy (non-hydrogen) atoms. The average Bonchev–Trinajstić information content (AvgIpc) is 2.17. The van der Waals surface area contributed by atoms with E-state index >= 15 is 0 Å². The van der Waals surface area contributed by atoms with Crippen LogP contribution in [0.4, 0.5) is 11.4 Å². The Morgan fingerprint density at radius 2 is 1.73 bits per heavy atom.